The average Bonchev–Trinajstić information content (AvgIpc) is 2.81. The molecule has 17 heavy (non-hydrogen) atoms. The topological polar surface area (TPSA) is 12.0 Å². The molecule has 1 rings (SSSR count). The second-order valence-corrected chi connectivity index (χ2v) is 6.23. The van der Waals surface area contributed by atoms with Crippen molar-refractivity contribution in [2.75, 3.05) is 0 Å². The maximum Gasteiger partial charge on any atom is 0.00696 e. The van der Waals surface area contributed by atoms with E-state index >= 15 is 0 Å². The predicted molar refractivity (Wildman–Crippen MR) is 77.3 cm³/mol. The molecule has 1 aliphatic rings. The van der Waals surface area contributed by atoms with Gasteiger partial charge in [0.1, 0.15) is 0 Å². The molecule has 1 saturated carbocycles. The second-order valence-electron chi connectivity index (χ2n) is 6.23. The molecule has 0 saturated heterocycles. The van der Waals surface area contributed by atoms with Crippen molar-refractivity contribution in [3.8, 4) is 0 Å². The minimum Gasteiger partial charge on any atom is -0.311 e. The minimum atomic E-state index is 0.757. The van der Waals surface area contributed by atoms with Crippen molar-refractivity contribution in [3.63, 3.8) is 0 Å². The van der Waals surface area contributed by atoms with Crippen molar-refractivity contribution >= 4 is 0 Å². The Balaban J connectivity index is 2.29. The molecule has 0 heterocycles. The van der Waals surface area contributed by atoms with Crippen molar-refractivity contribution in [1.29, 1.82) is 0 Å². The average molecular weight is 239 g/mol. The molecule has 0 aromatic carbocycles. The quantitative estimate of drug-likeness (QED) is 0.644. The van der Waals surface area contributed by atoms with E-state index in [9.17, 15) is 0 Å². The Bertz CT molecular complexity index is 184. The third-order valence-corrected chi connectivity index (χ3v) is 4.69. The molecule has 3 unspecified atom stereocenters. The lowest BCUT2D eigenvalue weighted by molar-refractivity contribution is 0.282. The summed E-state index contributed by atoms with van der Waals surface area (Å²) < 4.78 is 0. The molecule has 1 aliphatic carbocycles. The summed E-state index contributed by atoms with van der Waals surface area (Å²) in [5.74, 6) is 1.76. The Hall–Kier alpha value is -0.0400. The lowest BCUT2D eigenvalue weighted by atomic mass is 9.86. The Kier molecular flexibility index (Phi) is 7.18. The highest BCUT2D eigenvalue weighted by molar-refractivity contribution is 4.80. The summed E-state index contributed by atoms with van der Waals surface area (Å²) in [6.07, 6.45) is 11.1. The maximum absolute atomic E-state index is 3.89. The highest BCUT2D eigenvalue weighted by atomic mass is 15.0. The Morgan fingerprint density at radius 2 is 1.71 bits per heavy atom. The molecule has 1 heteroatoms. The van der Waals surface area contributed by atoms with Crippen LogP contribution in [0.15, 0.2) is 0 Å². The van der Waals surface area contributed by atoms with Crippen molar-refractivity contribution in [1.82, 2.24) is 5.32 Å². The summed E-state index contributed by atoms with van der Waals surface area (Å²) >= 11 is 0. The van der Waals surface area contributed by atoms with Crippen molar-refractivity contribution in [3.05, 3.63) is 0 Å². The second kappa shape index (κ2) is 8.13. The van der Waals surface area contributed by atoms with Gasteiger partial charge in [0.15, 0.2) is 0 Å². The van der Waals surface area contributed by atoms with E-state index in [1.165, 1.54) is 51.4 Å². The van der Waals surface area contributed by atoms with Crippen LogP contribution in [-0.2, 0) is 0 Å². The molecule has 0 amide bonds. The molecule has 0 bridgehead atoms. The molecule has 0 aliphatic heterocycles. The number of nitrogens with one attached hydrogen (secondary N) is 1. The van der Waals surface area contributed by atoms with E-state index in [-0.39, 0.29) is 0 Å². The monoisotopic (exact) mass is 239 g/mol. The van der Waals surface area contributed by atoms with Gasteiger partial charge in [0.2, 0.25) is 0 Å². The molecular weight excluding hydrogens is 206 g/mol. The summed E-state index contributed by atoms with van der Waals surface area (Å²) in [5, 5.41) is 3.89. The van der Waals surface area contributed by atoms with Crippen LogP contribution in [0.25, 0.3) is 0 Å². The maximum atomic E-state index is 3.89. The molecule has 3 atom stereocenters. The number of hydrogen-bond acceptors (Lipinski definition) is 1. The van der Waals surface area contributed by atoms with Gasteiger partial charge in [-0.15, -0.1) is 0 Å². The number of hydrogen-bond donors (Lipinski definition) is 1. The van der Waals surface area contributed by atoms with Gasteiger partial charge in [-0.2, -0.15) is 0 Å². The highest BCUT2D eigenvalue weighted by Crippen LogP contribution is 2.24. The molecule has 0 radical (unpaired) electrons. The van der Waals surface area contributed by atoms with Crippen LogP contribution >= 0.6 is 0 Å². The minimum absolute atomic E-state index is 0.757. The van der Waals surface area contributed by atoms with Crippen molar-refractivity contribution < 1.29 is 0 Å². The largest absolute Gasteiger partial charge is 0.311 e. The summed E-state index contributed by atoms with van der Waals surface area (Å²) in [6, 6.07) is 1.58. The van der Waals surface area contributed by atoms with Gasteiger partial charge in [-0.1, -0.05) is 53.4 Å². The smallest absolute Gasteiger partial charge is 0.00696 e. The first-order valence-electron chi connectivity index (χ1n) is 7.93. The molecule has 0 aromatic heterocycles. The van der Waals surface area contributed by atoms with E-state index in [0.717, 1.165) is 23.9 Å². The van der Waals surface area contributed by atoms with Crippen LogP contribution in [-0.4, -0.2) is 12.1 Å². The molecule has 0 aromatic rings. The lowest BCUT2D eigenvalue weighted by Gasteiger charge is -2.27. The van der Waals surface area contributed by atoms with Crippen LogP contribution < -0.4 is 5.32 Å². The molecule has 102 valence electrons. The zero-order valence-electron chi connectivity index (χ0n) is 12.5. The molecule has 1 nitrogen and oxygen atoms in total. The first-order chi connectivity index (χ1) is 8.17. The van der Waals surface area contributed by atoms with E-state index in [0.29, 0.717) is 0 Å². The fourth-order valence-electron chi connectivity index (χ4n) is 3.20. The van der Waals surface area contributed by atoms with E-state index in [1.807, 2.05) is 0 Å². The van der Waals surface area contributed by atoms with Crippen LogP contribution in [0.1, 0.15) is 79.1 Å². The van der Waals surface area contributed by atoms with E-state index in [4.69, 9.17) is 0 Å². The standard InChI is InChI=1S/C16H33N/c1-5-9-13(3)14(4)12-15(6-2)17-16-10-7-8-11-16/h13-17H,5-12H2,1-4H3. The van der Waals surface area contributed by atoms with Gasteiger partial charge in [-0.25, -0.2) is 0 Å². The predicted octanol–water partition coefficient (Wildman–Crippen LogP) is 4.76. The molecular formula is C16H33N. The first-order valence-corrected chi connectivity index (χ1v) is 7.93. The van der Waals surface area contributed by atoms with Gasteiger partial charge < -0.3 is 5.32 Å². The zero-order valence-corrected chi connectivity index (χ0v) is 12.5. The van der Waals surface area contributed by atoms with Gasteiger partial charge in [0, 0.05) is 12.1 Å². The number of rotatable bonds is 8. The molecule has 0 spiro atoms. The van der Waals surface area contributed by atoms with Gasteiger partial charge >= 0.3 is 0 Å². The van der Waals surface area contributed by atoms with E-state index in [1.54, 1.807) is 0 Å². The van der Waals surface area contributed by atoms with Gasteiger partial charge in [0.25, 0.3) is 0 Å². The highest BCUT2D eigenvalue weighted by Gasteiger charge is 2.21. The Labute approximate surface area is 109 Å². The van der Waals surface area contributed by atoms with Crippen molar-refractivity contribution in [2.24, 2.45) is 11.8 Å². The normalized spacial score (nSPS) is 22.6. The Morgan fingerprint density at radius 3 is 2.24 bits per heavy atom. The van der Waals surface area contributed by atoms with Crippen molar-refractivity contribution in [2.45, 2.75) is 91.1 Å². The van der Waals surface area contributed by atoms with Gasteiger partial charge in [-0.3, -0.25) is 0 Å². The molecule has 1 N–H and O–H groups in total. The Morgan fingerprint density at radius 1 is 1.06 bits per heavy atom. The lowest BCUT2D eigenvalue weighted by Crippen LogP contribution is -2.38. The molecule has 1 fully saturated rings. The van der Waals surface area contributed by atoms with Gasteiger partial charge in [0.05, 0.1) is 0 Å². The van der Waals surface area contributed by atoms with Crippen LogP contribution in [0.2, 0.25) is 0 Å². The summed E-state index contributed by atoms with van der Waals surface area (Å²) in [6.45, 7) is 9.51. The fraction of sp³-hybridized carbons (Fsp3) is 1.00. The third kappa shape index (κ3) is 5.42. The first kappa shape index (κ1) is 15.0. The fourth-order valence-corrected chi connectivity index (χ4v) is 3.20. The van der Waals surface area contributed by atoms with E-state index in [2.05, 4.69) is 33.0 Å². The zero-order chi connectivity index (χ0) is 12.7. The summed E-state index contributed by atoms with van der Waals surface area (Å²) in [5.41, 5.74) is 0. The van der Waals surface area contributed by atoms with Crippen LogP contribution in [0.5, 0.6) is 0 Å². The van der Waals surface area contributed by atoms with Gasteiger partial charge in [-0.05, 0) is 37.5 Å². The summed E-state index contributed by atoms with van der Waals surface area (Å²) in [4.78, 5) is 0. The van der Waals surface area contributed by atoms with E-state index < -0.39 is 0 Å². The third-order valence-electron chi connectivity index (χ3n) is 4.69. The van der Waals surface area contributed by atoms with Crippen LogP contribution in [0.3, 0.4) is 0 Å². The SMILES string of the molecule is CCCC(C)C(C)CC(CC)NC1CCCC1. The van der Waals surface area contributed by atoms with Crippen LogP contribution in [0, 0.1) is 11.8 Å². The summed E-state index contributed by atoms with van der Waals surface area (Å²) in [7, 11) is 0. The van der Waals surface area contributed by atoms with Crippen LogP contribution in [0.4, 0.5) is 0 Å².